The van der Waals surface area contributed by atoms with E-state index in [0.717, 1.165) is 11.1 Å². The van der Waals surface area contributed by atoms with Gasteiger partial charge in [0.1, 0.15) is 5.75 Å². The number of nitrogen functional groups attached to an aromatic ring is 1. The molecular formula is C14H13F2NO2. The summed E-state index contributed by atoms with van der Waals surface area (Å²) in [7, 11) is 0. The van der Waals surface area contributed by atoms with E-state index in [0.29, 0.717) is 5.56 Å². The van der Waals surface area contributed by atoms with Crippen molar-refractivity contribution >= 4 is 5.69 Å². The van der Waals surface area contributed by atoms with E-state index in [2.05, 4.69) is 4.74 Å². The monoisotopic (exact) mass is 265 g/mol. The summed E-state index contributed by atoms with van der Waals surface area (Å²) >= 11 is 0. The number of ether oxygens (including phenoxy) is 1. The molecule has 0 aliphatic carbocycles. The number of anilines is 1. The summed E-state index contributed by atoms with van der Waals surface area (Å²) in [6.07, 6.45) is 0. The number of rotatable bonds is 4. The lowest BCUT2D eigenvalue weighted by Crippen LogP contribution is -2.04. The lowest BCUT2D eigenvalue weighted by molar-refractivity contribution is -0.0492. The predicted molar refractivity (Wildman–Crippen MR) is 68.8 cm³/mol. The van der Waals surface area contributed by atoms with Crippen LogP contribution < -0.4 is 10.5 Å². The van der Waals surface area contributed by atoms with E-state index in [1.165, 1.54) is 12.1 Å². The Morgan fingerprint density at radius 2 is 1.68 bits per heavy atom. The molecule has 0 bridgehead atoms. The quantitative estimate of drug-likeness (QED) is 0.835. The number of hydrogen-bond acceptors (Lipinski definition) is 3. The third-order valence-electron chi connectivity index (χ3n) is 2.70. The van der Waals surface area contributed by atoms with Crippen LogP contribution in [-0.4, -0.2) is 11.7 Å². The van der Waals surface area contributed by atoms with E-state index in [4.69, 9.17) is 10.8 Å². The lowest BCUT2D eigenvalue weighted by atomic mass is 10.0. The standard InChI is InChI=1S/C14H13F2NO2/c15-14(16)19-13-7-11(5-6-12(13)17)10-3-1-9(8-18)2-4-10/h1-7,14,18H,8,17H2. The Bertz CT molecular complexity index is 556. The minimum Gasteiger partial charge on any atom is -0.433 e. The molecule has 0 heterocycles. The SMILES string of the molecule is Nc1ccc(-c2ccc(CO)cc2)cc1OC(F)F. The van der Waals surface area contributed by atoms with Crippen molar-refractivity contribution in [3.05, 3.63) is 48.0 Å². The summed E-state index contributed by atoms with van der Waals surface area (Å²) in [6.45, 7) is -2.95. The number of alkyl halides is 2. The van der Waals surface area contributed by atoms with E-state index in [1.54, 1.807) is 30.3 Å². The lowest BCUT2D eigenvalue weighted by Gasteiger charge is -2.10. The zero-order chi connectivity index (χ0) is 13.8. The first-order chi connectivity index (χ1) is 9.10. The average molecular weight is 265 g/mol. The molecule has 0 radical (unpaired) electrons. The molecule has 19 heavy (non-hydrogen) atoms. The minimum atomic E-state index is -2.91. The highest BCUT2D eigenvalue weighted by molar-refractivity contribution is 5.70. The number of benzene rings is 2. The van der Waals surface area contributed by atoms with Crippen LogP contribution in [0.1, 0.15) is 5.56 Å². The summed E-state index contributed by atoms with van der Waals surface area (Å²) in [6, 6.07) is 11.8. The first-order valence-electron chi connectivity index (χ1n) is 5.64. The third-order valence-corrected chi connectivity index (χ3v) is 2.70. The fourth-order valence-corrected chi connectivity index (χ4v) is 1.71. The Morgan fingerprint density at radius 3 is 2.26 bits per heavy atom. The summed E-state index contributed by atoms with van der Waals surface area (Å²) in [5.74, 6) is -0.0428. The summed E-state index contributed by atoms with van der Waals surface area (Å²) in [5, 5.41) is 8.96. The molecule has 5 heteroatoms. The molecule has 2 rings (SSSR count). The van der Waals surface area contributed by atoms with Gasteiger partial charge in [0.15, 0.2) is 0 Å². The largest absolute Gasteiger partial charge is 0.433 e. The molecule has 2 aromatic rings. The molecule has 100 valence electrons. The van der Waals surface area contributed by atoms with Gasteiger partial charge in [-0.25, -0.2) is 0 Å². The van der Waals surface area contributed by atoms with Crippen molar-refractivity contribution in [2.45, 2.75) is 13.2 Å². The Balaban J connectivity index is 2.33. The fourth-order valence-electron chi connectivity index (χ4n) is 1.71. The van der Waals surface area contributed by atoms with Gasteiger partial charge in [-0.15, -0.1) is 0 Å². The zero-order valence-corrected chi connectivity index (χ0v) is 10.0. The molecule has 0 aliphatic rings. The second-order valence-electron chi connectivity index (χ2n) is 3.99. The van der Waals surface area contributed by atoms with Crippen LogP contribution >= 0.6 is 0 Å². The average Bonchev–Trinajstić information content (AvgIpc) is 2.41. The second kappa shape index (κ2) is 5.67. The zero-order valence-electron chi connectivity index (χ0n) is 10.0. The number of hydrogen-bond donors (Lipinski definition) is 2. The van der Waals surface area contributed by atoms with Crippen LogP contribution in [0, 0.1) is 0 Å². The van der Waals surface area contributed by atoms with Crippen molar-refractivity contribution in [3.8, 4) is 16.9 Å². The molecule has 0 unspecified atom stereocenters. The molecule has 0 fully saturated rings. The number of halogens is 2. The van der Waals surface area contributed by atoms with Gasteiger partial charge < -0.3 is 15.6 Å². The van der Waals surface area contributed by atoms with E-state index >= 15 is 0 Å². The maximum atomic E-state index is 12.2. The van der Waals surface area contributed by atoms with Gasteiger partial charge in [0.05, 0.1) is 12.3 Å². The topological polar surface area (TPSA) is 55.5 Å². The van der Waals surface area contributed by atoms with Gasteiger partial charge in [-0.3, -0.25) is 0 Å². The maximum Gasteiger partial charge on any atom is 0.387 e. The first kappa shape index (κ1) is 13.3. The van der Waals surface area contributed by atoms with Crippen LogP contribution in [0.5, 0.6) is 5.75 Å². The van der Waals surface area contributed by atoms with E-state index in [9.17, 15) is 8.78 Å². The normalized spacial score (nSPS) is 10.7. The molecule has 0 amide bonds. The van der Waals surface area contributed by atoms with Crippen LogP contribution in [0.2, 0.25) is 0 Å². The van der Waals surface area contributed by atoms with E-state index in [1.807, 2.05) is 0 Å². The van der Waals surface area contributed by atoms with Crippen molar-refractivity contribution in [3.63, 3.8) is 0 Å². The van der Waals surface area contributed by atoms with E-state index in [-0.39, 0.29) is 18.0 Å². The van der Waals surface area contributed by atoms with Crippen molar-refractivity contribution in [2.75, 3.05) is 5.73 Å². The molecule has 0 aliphatic heterocycles. The molecule has 0 saturated carbocycles. The predicted octanol–water partition coefficient (Wildman–Crippen LogP) is 3.03. The summed E-state index contributed by atoms with van der Waals surface area (Å²) < 4.78 is 28.8. The Hall–Kier alpha value is -2.14. The molecule has 0 spiro atoms. The van der Waals surface area contributed by atoms with Crippen LogP contribution in [0.25, 0.3) is 11.1 Å². The molecule has 0 aromatic heterocycles. The van der Waals surface area contributed by atoms with Crippen LogP contribution in [0.4, 0.5) is 14.5 Å². The highest BCUT2D eigenvalue weighted by atomic mass is 19.3. The summed E-state index contributed by atoms with van der Waals surface area (Å²) in [5.41, 5.74) is 8.06. The second-order valence-corrected chi connectivity index (χ2v) is 3.99. The Kier molecular flexibility index (Phi) is 3.97. The van der Waals surface area contributed by atoms with Gasteiger partial charge in [0.25, 0.3) is 0 Å². The van der Waals surface area contributed by atoms with Gasteiger partial charge in [0.2, 0.25) is 0 Å². The van der Waals surface area contributed by atoms with Gasteiger partial charge in [-0.1, -0.05) is 30.3 Å². The van der Waals surface area contributed by atoms with Crippen LogP contribution in [0.15, 0.2) is 42.5 Å². The van der Waals surface area contributed by atoms with Crippen LogP contribution in [0.3, 0.4) is 0 Å². The van der Waals surface area contributed by atoms with Gasteiger partial charge in [-0.05, 0) is 28.8 Å². The molecular weight excluding hydrogens is 252 g/mol. The van der Waals surface area contributed by atoms with Gasteiger partial charge in [0, 0.05) is 0 Å². The minimum absolute atomic E-state index is 0.0399. The Labute approximate surface area is 109 Å². The highest BCUT2D eigenvalue weighted by Crippen LogP contribution is 2.30. The number of aliphatic hydroxyl groups is 1. The van der Waals surface area contributed by atoms with Crippen molar-refractivity contribution < 1.29 is 18.6 Å². The van der Waals surface area contributed by atoms with Gasteiger partial charge in [-0.2, -0.15) is 8.78 Å². The van der Waals surface area contributed by atoms with E-state index < -0.39 is 6.61 Å². The number of aliphatic hydroxyl groups excluding tert-OH is 1. The van der Waals surface area contributed by atoms with Crippen molar-refractivity contribution in [1.29, 1.82) is 0 Å². The molecule has 3 N–H and O–H groups in total. The van der Waals surface area contributed by atoms with Crippen molar-refractivity contribution in [1.82, 2.24) is 0 Å². The van der Waals surface area contributed by atoms with Gasteiger partial charge >= 0.3 is 6.61 Å². The maximum absolute atomic E-state index is 12.2. The molecule has 0 saturated heterocycles. The Morgan fingerprint density at radius 1 is 1.05 bits per heavy atom. The highest BCUT2D eigenvalue weighted by Gasteiger charge is 2.09. The smallest absolute Gasteiger partial charge is 0.387 e. The van der Waals surface area contributed by atoms with Crippen molar-refractivity contribution in [2.24, 2.45) is 0 Å². The molecule has 0 atom stereocenters. The first-order valence-corrected chi connectivity index (χ1v) is 5.64. The van der Waals surface area contributed by atoms with Crippen LogP contribution in [-0.2, 0) is 6.61 Å². The molecule has 2 aromatic carbocycles. The number of nitrogens with two attached hydrogens (primary N) is 1. The fraction of sp³-hybridized carbons (Fsp3) is 0.143. The summed E-state index contributed by atoms with van der Waals surface area (Å²) in [4.78, 5) is 0. The third kappa shape index (κ3) is 3.20. The molecule has 3 nitrogen and oxygen atoms in total.